The molecular formula is C18H20N6O2S2. The summed E-state index contributed by atoms with van der Waals surface area (Å²) < 4.78 is 6.59. The summed E-state index contributed by atoms with van der Waals surface area (Å²) in [4.78, 5) is 36.0. The number of aryl methyl sites for hydroxylation is 2. The van der Waals surface area contributed by atoms with Gasteiger partial charge in [-0.05, 0) is 12.1 Å². The molecule has 0 aliphatic carbocycles. The van der Waals surface area contributed by atoms with Crippen molar-refractivity contribution < 1.29 is 0 Å². The van der Waals surface area contributed by atoms with Gasteiger partial charge in [0.1, 0.15) is 0 Å². The molecule has 8 nitrogen and oxygen atoms in total. The van der Waals surface area contributed by atoms with Crippen molar-refractivity contribution >= 4 is 50.4 Å². The summed E-state index contributed by atoms with van der Waals surface area (Å²) in [6.07, 6.45) is 0. The number of benzene rings is 1. The van der Waals surface area contributed by atoms with Gasteiger partial charge in [0, 0.05) is 40.5 Å². The summed E-state index contributed by atoms with van der Waals surface area (Å²) in [5, 5.41) is 0. The van der Waals surface area contributed by atoms with Gasteiger partial charge in [0.05, 0.1) is 10.2 Å². The number of anilines is 1. The molecule has 0 radical (unpaired) electrons. The largest absolute Gasteiger partial charge is 0.348 e. The lowest BCUT2D eigenvalue weighted by molar-refractivity contribution is 0.700. The third-order valence-corrected chi connectivity index (χ3v) is 6.70. The maximum Gasteiger partial charge on any atom is 0.332 e. The second-order valence-corrected chi connectivity index (χ2v) is 9.00. The molecule has 28 heavy (non-hydrogen) atoms. The minimum Gasteiger partial charge on any atom is -0.348 e. The van der Waals surface area contributed by atoms with Crippen molar-refractivity contribution in [2.75, 3.05) is 24.7 Å². The van der Waals surface area contributed by atoms with Crippen molar-refractivity contribution in [3.8, 4) is 0 Å². The number of thioether (sulfide) groups is 1. The van der Waals surface area contributed by atoms with E-state index in [1.807, 2.05) is 41.8 Å². The molecule has 4 aromatic rings. The lowest BCUT2D eigenvalue weighted by atomic mass is 10.3. The molecule has 0 N–H and O–H groups in total. The van der Waals surface area contributed by atoms with E-state index in [-0.39, 0.29) is 11.2 Å². The smallest absolute Gasteiger partial charge is 0.332 e. The molecule has 0 atom stereocenters. The fraction of sp³-hybridized carbons (Fsp3) is 0.333. The Morgan fingerprint density at radius 3 is 2.57 bits per heavy atom. The quantitative estimate of drug-likeness (QED) is 0.463. The SMILES string of the molecule is CN(C)c1nc2c(c(=O)n(C)c(=O)n2C)n1CCSc1nc2ccccc2s1. The molecule has 0 aliphatic heterocycles. The van der Waals surface area contributed by atoms with E-state index in [0.717, 1.165) is 24.9 Å². The predicted octanol–water partition coefficient (Wildman–Crippen LogP) is 1.90. The van der Waals surface area contributed by atoms with Crippen LogP contribution in [0, 0.1) is 0 Å². The number of hydrogen-bond acceptors (Lipinski definition) is 7. The van der Waals surface area contributed by atoms with Crippen LogP contribution in [0.2, 0.25) is 0 Å². The number of imidazole rings is 1. The number of fused-ring (bicyclic) bond motifs is 2. The number of nitrogens with zero attached hydrogens (tertiary/aromatic N) is 6. The van der Waals surface area contributed by atoms with Crippen LogP contribution in [0.15, 0.2) is 38.2 Å². The Bertz CT molecular complexity index is 1260. The highest BCUT2D eigenvalue weighted by atomic mass is 32.2. The molecule has 4 rings (SSSR count). The minimum absolute atomic E-state index is 0.330. The second kappa shape index (κ2) is 7.10. The maximum absolute atomic E-state index is 12.8. The molecule has 0 unspecified atom stereocenters. The molecule has 3 aromatic heterocycles. The van der Waals surface area contributed by atoms with Crippen LogP contribution in [0.25, 0.3) is 21.4 Å². The van der Waals surface area contributed by atoms with Crippen LogP contribution < -0.4 is 16.1 Å². The standard InChI is InChI=1S/C18H20N6O2S2/c1-21(2)16-20-14-13(15(25)23(4)18(26)22(14)3)24(16)9-10-27-17-19-11-7-5-6-8-12(11)28-17/h5-8H,9-10H2,1-4H3. The summed E-state index contributed by atoms with van der Waals surface area (Å²) in [6.45, 7) is 0.581. The van der Waals surface area contributed by atoms with Crippen LogP contribution >= 0.6 is 23.1 Å². The van der Waals surface area contributed by atoms with Gasteiger partial charge in [-0.25, -0.2) is 9.78 Å². The summed E-state index contributed by atoms with van der Waals surface area (Å²) in [5.74, 6) is 1.39. The van der Waals surface area contributed by atoms with Gasteiger partial charge < -0.3 is 9.47 Å². The summed E-state index contributed by atoms with van der Waals surface area (Å²) >= 11 is 3.32. The van der Waals surface area contributed by atoms with Gasteiger partial charge in [-0.15, -0.1) is 11.3 Å². The van der Waals surface area contributed by atoms with Gasteiger partial charge in [-0.3, -0.25) is 13.9 Å². The Morgan fingerprint density at radius 1 is 1.11 bits per heavy atom. The highest BCUT2D eigenvalue weighted by Crippen LogP contribution is 2.30. The molecule has 0 spiro atoms. The fourth-order valence-corrected chi connectivity index (χ4v) is 5.19. The highest BCUT2D eigenvalue weighted by molar-refractivity contribution is 8.01. The van der Waals surface area contributed by atoms with E-state index >= 15 is 0 Å². The average molecular weight is 417 g/mol. The highest BCUT2D eigenvalue weighted by Gasteiger charge is 2.20. The lowest BCUT2D eigenvalue weighted by Gasteiger charge is -2.14. The normalized spacial score (nSPS) is 11.6. The van der Waals surface area contributed by atoms with Crippen molar-refractivity contribution in [2.45, 2.75) is 10.9 Å². The second-order valence-electron chi connectivity index (χ2n) is 6.63. The van der Waals surface area contributed by atoms with Crippen LogP contribution in [0.3, 0.4) is 0 Å². The Kier molecular flexibility index (Phi) is 4.76. The first-order valence-corrected chi connectivity index (χ1v) is 10.5. The summed E-state index contributed by atoms with van der Waals surface area (Å²) in [6, 6.07) is 8.07. The first-order chi connectivity index (χ1) is 13.4. The molecular weight excluding hydrogens is 396 g/mol. The third kappa shape index (κ3) is 3.02. The molecule has 0 fully saturated rings. The maximum atomic E-state index is 12.8. The Labute approximate surface area is 169 Å². The van der Waals surface area contributed by atoms with Gasteiger partial charge in [0.25, 0.3) is 5.56 Å². The topological polar surface area (TPSA) is 78.0 Å². The first-order valence-electron chi connectivity index (χ1n) is 8.70. The van der Waals surface area contributed by atoms with E-state index in [2.05, 4.69) is 16.0 Å². The van der Waals surface area contributed by atoms with Gasteiger partial charge in [-0.1, -0.05) is 23.9 Å². The first kappa shape index (κ1) is 18.8. The van der Waals surface area contributed by atoms with Crippen molar-refractivity contribution in [3.05, 3.63) is 45.1 Å². The zero-order chi connectivity index (χ0) is 20.0. The number of hydrogen-bond donors (Lipinski definition) is 0. The Morgan fingerprint density at radius 2 is 1.86 bits per heavy atom. The minimum atomic E-state index is -0.378. The number of aromatic nitrogens is 5. The van der Waals surface area contributed by atoms with E-state index in [4.69, 9.17) is 0 Å². The van der Waals surface area contributed by atoms with Gasteiger partial charge in [0.15, 0.2) is 15.5 Å². The number of rotatable bonds is 5. The summed E-state index contributed by atoms with van der Waals surface area (Å²) in [5.41, 5.74) is 1.14. The molecule has 0 amide bonds. The molecule has 0 aliphatic rings. The van der Waals surface area contributed by atoms with Crippen LogP contribution in [0.4, 0.5) is 5.95 Å². The van der Waals surface area contributed by atoms with Gasteiger partial charge in [-0.2, -0.15) is 4.98 Å². The molecule has 0 saturated carbocycles. The fourth-order valence-electron chi connectivity index (χ4n) is 3.13. The van der Waals surface area contributed by atoms with E-state index in [1.54, 1.807) is 30.1 Å². The van der Waals surface area contributed by atoms with Gasteiger partial charge in [0.2, 0.25) is 5.95 Å². The van der Waals surface area contributed by atoms with Crippen molar-refractivity contribution in [3.63, 3.8) is 0 Å². The molecule has 146 valence electrons. The van der Waals surface area contributed by atoms with E-state index < -0.39 is 0 Å². The predicted molar refractivity (Wildman–Crippen MR) is 115 cm³/mol. The van der Waals surface area contributed by atoms with Crippen molar-refractivity contribution in [1.82, 2.24) is 23.7 Å². The lowest BCUT2D eigenvalue weighted by Crippen LogP contribution is -2.37. The molecule has 10 heteroatoms. The van der Waals surface area contributed by atoms with Gasteiger partial charge >= 0.3 is 5.69 Å². The average Bonchev–Trinajstić information content (AvgIpc) is 3.26. The zero-order valence-corrected chi connectivity index (χ0v) is 17.7. The molecule has 0 saturated heterocycles. The molecule has 1 aromatic carbocycles. The van der Waals surface area contributed by atoms with Crippen LogP contribution in [0.5, 0.6) is 0 Å². The van der Waals surface area contributed by atoms with Crippen LogP contribution in [-0.2, 0) is 20.6 Å². The number of para-hydroxylation sites is 1. The Balaban J connectivity index is 1.70. The van der Waals surface area contributed by atoms with E-state index in [0.29, 0.717) is 23.7 Å². The van der Waals surface area contributed by atoms with Crippen molar-refractivity contribution in [2.24, 2.45) is 14.1 Å². The van der Waals surface area contributed by atoms with Crippen LogP contribution in [-0.4, -0.2) is 43.5 Å². The number of thiazole rings is 1. The zero-order valence-electron chi connectivity index (χ0n) is 16.0. The Hall–Kier alpha value is -2.59. The molecule has 3 heterocycles. The van der Waals surface area contributed by atoms with E-state index in [1.165, 1.54) is 11.6 Å². The van der Waals surface area contributed by atoms with Crippen molar-refractivity contribution in [1.29, 1.82) is 0 Å². The van der Waals surface area contributed by atoms with Crippen LogP contribution in [0.1, 0.15) is 0 Å². The molecule has 0 bridgehead atoms. The third-order valence-electron chi connectivity index (χ3n) is 4.54. The monoisotopic (exact) mass is 416 g/mol. The van der Waals surface area contributed by atoms with E-state index in [9.17, 15) is 9.59 Å². The summed E-state index contributed by atoms with van der Waals surface area (Å²) in [7, 11) is 6.88.